The van der Waals surface area contributed by atoms with Crippen LogP contribution in [-0.2, 0) is 14.3 Å². The van der Waals surface area contributed by atoms with E-state index in [-0.39, 0.29) is 17.4 Å². The van der Waals surface area contributed by atoms with Gasteiger partial charge in [-0.1, -0.05) is 36.4 Å². The van der Waals surface area contributed by atoms with Crippen LogP contribution in [0.3, 0.4) is 0 Å². The number of methoxy groups -OCH3 is 1. The minimum Gasteiger partial charge on any atom is -0.465 e. The van der Waals surface area contributed by atoms with Crippen LogP contribution in [0, 0.1) is 0 Å². The highest BCUT2D eigenvalue weighted by Gasteiger charge is 2.16. The smallest absolute Gasteiger partial charge is 0.337 e. The third-order valence-corrected chi connectivity index (χ3v) is 7.53. The van der Waals surface area contributed by atoms with Crippen molar-refractivity contribution in [3.05, 3.63) is 132 Å². The number of fused-ring (bicyclic) bond motifs is 1. The summed E-state index contributed by atoms with van der Waals surface area (Å²) in [6, 6.07) is 29.8. The first-order valence-electron chi connectivity index (χ1n) is 13.6. The van der Waals surface area contributed by atoms with E-state index in [1.165, 1.54) is 18.9 Å². The Kier molecular flexibility index (Phi) is 9.53. The van der Waals surface area contributed by atoms with Crippen molar-refractivity contribution >= 4 is 63.8 Å². The number of ether oxygens (including phenoxy) is 1. The fourth-order valence-corrected chi connectivity index (χ4v) is 5.00. The molecular formula is C34H28N4O5S. The molecule has 4 N–H and O–H groups in total. The maximum Gasteiger partial charge on any atom is 0.337 e. The first-order valence-corrected chi connectivity index (χ1v) is 14.5. The summed E-state index contributed by atoms with van der Waals surface area (Å²) in [4.78, 5) is 54.4. The Morgan fingerprint density at radius 1 is 0.773 bits per heavy atom. The number of benzene rings is 4. The molecule has 0 fully saturated rings. The molecule has 0 saturated carbocycles. The van der Waals surface area contributed by atoms with Gasteiger partial charge in [0.15, 0.2) is 0 Å². The SMILES string of the molecule is COC(=O)c1ccc(NC(=O)CSc2ccc(NC(=O)C(=Cc3c[nH]c4ccccc34)NC(=O)c3ccccc3)cc2)cc1. The molecule has 1 aromatic heterocycles. The van der Waals surface area contributed by atoms with Crippen molar-refractivity contribution in [1.82, 2.24) is 10.3 Å². The molecule has 0 bridgehead atoms. The van der Waals surface area contributed by atoms with Gasteiger partial charge in [0.1, 0.15) is 5.70 Å². The number of aromatic amines is 1. The molecule has 0 aliphatic carbocycles. The summed E-state index contributed by atoms with van der Waals surface area (Å²) in [5.41, 5.74) is 3.65. The van der Waals surface area contributed by atoms with Crippen molar-refractivity contribution in [3.63, 3.8) is 0 Å². The van der Waals surface area contributed by atoms with Crippen LogP contribution in [0.2, 0.25) is 0 Å². The number of aromatic nitrogens is 1. The largest absolute Gasteiger partial charge is 0.465 e. The third kappa shape index (κ3) is 7.61. The van der Waals surface area contributed by atoms with Crippen LogP contribution in [0.15, 0.2) is 120 Å². The van der Waals surface area contributed by atoms with Crippen molar-refractivity contribution in [3.8, 4) is 0 Å². The fourth-order valence-electron chi connectivity index (χ4n) is 4.30. The monoisotopic (exact) mass is 604 g/mol. The van der Waals surface area contributed by atoms with Gasteiger partial charge in [-0.25, -0.2) is 4.79 Å². The van der Waals surface area contributed by atoms with Gasteiger partial charge in [0, 0.05) is 44.5 Å². The Hall–Kier alpha value is -5.61. The van der Waals surface area contributed by atoms with Crippen LogP contribution in [0.5, 0.6) is 0 Å². The lowest BCUT2D eigenvalue weighted by atomic mass is 10.1. The number of rotatable bonds is 10. The number of carbonyl (C=O) groups is 4. The molecule has 5 rings (SSSR count). The highest BCUT2D eigenvalue weighted by molar-refractivity contribution is 8.00. The number of amides is 3. The van der Waals surface area contributed by atoms with Crippen molar-refractivity contribution in [2.75, 3.05) is 23.5 Å². The molecule has 5 aromatic rings. The first kappa shape index (κ1) is 29.9. The Morgan fingerprint density at radius 3 is 2.16 bits per heavy atom. The number of nitrogens with one attached hydrogen (secondary N) is 4. The van der Waals surface area contributed by atoms with Gasteiger partial charge in [0.2, 0.25) is 5.91 Å². The van der Waals surface area contributed by atoms with Crippen LogP contribution in [0.4, 0.5) is 11.4 Å². The van der Waals surface area contributed by atoms with E-state index in [4.69, 9.17) is 0 Å². The van der Waals surface area contributed by atoms with E-state index in [2.05, 4.69) is 25.7 Å². The van der Waals surface area contributed by atoms with Crippen molar-refractivity contribution in [2.45, 2.75) is 4.90 Å². The van der Waals surface area contributed by atoms with Gasteiger partial charge in [-0.2, -0.15) is 0 Å². The molecule has 44 heavy (non-hydrogen) atoms. The van der Waals surface area contributed by atoms with Crippen molar-refractivity contribution in [2.24, 2.45) is 0 Å². The standard InChI is InChI=1S/C34H28N4O5S/c1-43-34(42)23-11-13-25(14-12-23)36-31(39)21-44-27-17-15-26(16-18-27)37-33(41)30(38-32(40)22-7-3-2-4-8-22)19-24-20-35-29-10-6-5-9-28(24)29/h2-20,35H,21H2,1H3,(H,36,39)(H,37,41)(H,38,40). The Balaban J connectivity index is 1.23. The zero-order valence-electron chi connectivity index (χ0n) is 23.6. The number of carbonyl (C=O) groups excluding carboxylic acids is 4. The molecule has 3 amide bonds. The van der Waals surface area contributed by atoms with Gasteiger partial charge in [-0.05, 0) is 72.8 Å². The summed E-state index contributed by atoms with van der Waals surface area (Å²) in [7, 11) is 1.31. The van der Waals surface area contributed by atoms with Gasteiger partial charge in [-0.15, -0.1) is 11.8 Å². The van der Waals surface area contributed by atoms with E-state index >= 15 is 0 Å². The average molecular weight is 605 g/mol. The minimum atomic E-state index is -0.488. The van der Waals surface area contributed by atoms with Crippen LogP contribution in [-0.4, -0.2) is 41.5 Å². The Labute approximate surface area is 257 Å². The summed E-state index contributed by atoms with van der Waals surface area (Å²) in [5.74, 6) is -1.39. The Morgan fingerprint density at radius 2 is 1.43 bits per heavy atom. The number of para-hydroxylation sites is 1. The number of anilines is 2. The number of hydrogen-bond acceptors (Lipinski definition) is 6. The van der Waals surface area contributed by atoms with Crippen LogP contribution >= 0.6 is 11.8 Å². The number of hydrogen-bond donors (Lipinski definition) is 4. The molecule has 0 aliphatic heterocycles. The van der Waals surface area contributed by atoms with Crippen LogP contribution in [0.1, 0.15) is 26.3 Å². The van der Waals surface area contributed by atoms with Crippen LogP contribution in [0.25, 0.3) is 17.0 Å². The second-order valence-electron chi connectivity index (χ2n) is 9.55. The van der Waals surface area contributed by atoms with Gasteiger partial charge in [-0.3, -0.25) is 14.4 Å². The molecule has 220 valence electrons. The summed E-state index contributed by atoms with van der Waals surface area (Å²) in [5, 5.41) is 9.31. The Bertz CT molecular complexity index is 1830. The predicted molar refractivity (Wildman–Crippen MR) is 172 cm³/mol. The fraction of sp³-hybridized carbons (Fsp3) is 0.0588. The highest BCUT2D eigenvalue weighted by Crippen LogP contribution is 2.23. The maximum absolute atomic E-state index is 13.4. The summed E-state index contributed by atoms with van der Waals surface area (Å²) in [6.45, 7) is 0. The maximum atomic E-state index is 13.4. The molecule has 0 unspecified atom stereocenters. The second kappa shape index (κ2) is 14.0. The van der Waals surface area contributed by atoms with E-state index < -0.39 is 17.8 Å². The predicted octanol–water partition coefficient (Wildman–Crippen LogP) is 6.09. The summed E-state index contributed by atoms with van der Waals surface area (Å²) in [6.07, 6.45) is 3.42. The van der Waals surface area contributed by atoms with Crippen LogP contribution < -0.4 is 16.0 Å². The van der Waals surface area contributed by atoms with Gasteiger partial charge >= 0.3 is 5.97 Å². The topological polar surface area (TPSA) is 129 Å². The average Bonchev–Trinajstić information content (AvgIpc) is 3.47. The molecule has 0 atom stereocenters. The van der Waals surface area contributed by atoms with Gasteiger partial charge in [0.05, 0.1) is 18.4 Å². The van der Waals surface area contributed by atoms with Gasteiger partial charge < -0.3 is 25.7 Å². The van der Waals surface area contributed by atoms with E-state index in [9.17, 15) is 19.2 Å². The normalized spacial score (nSPS) is 11.1. The quantitative estimate of drug-likeness (QED) is 0.0867. The minimum absolute atomic E-state index is 0.0818. The molecular weight excluding hydrogens is 576 g/mol. The molecule has 10 heteroatoms. The lowest BCUT2D eigenvalue weighted by Crippen LogP contribution is -2.30. The molecule has 9 nitrogen and oxygen atoms in total. The molecule has 0 saturated heterocycles. The molecule has 0 radical (unpaired) electrons. The second-order valence-corrected chi connectivity index (χ2v) is 10.6. The van der Waals surface area contributed by atoms with Gasteiger partial charge in [0.25, 0.3) is 11.8 Å². The molecule has 0 spiro atoms. The van der Waals surface area contributed by atoms with E-state index in [0.717, 1.165) is 21.4 Å². The third-order valence-electron chi connectivity index (χ3n) is 6.52. The molecule has 1 heterocycles. The lowest BCUT2D eigenvalue weighted by molar-refractivity contribution is -0.114. The summed E-state index contributed by atoms with van der Waals surface area (Å²) >= 11 is 1.33. The van der Waals surface area contributed by atoms with E-state index in [1.54, 1.807) is 85.1 Å². The zero-order chi connectivity index (χ0) is 30.9. The number of esters is 1. The van der Waals surface area contributed by atoms with Crippen molar-refractivity contribution < 1.29 is 23.9 Å². The lowest BCUT2D eigenvalue weighted by Gasteiger charge is -2.12. The first-order chi connectivity index (χ1) is 21.4. The summed E-state index contributed by atoms with van der Waals surface area (Å²) < 4.78 is 4.68. The van der Waals surface area contributed by atoms with E-state index in [1.807, 2.05) is 30.3 Å². The number of H-pyrrole nitrogens is 1. The molecule has 4 aromatic carbocycles. The van der Waals surface area contributed by atoms with Crippen molar-refractivity contribution in [1.29, 1.82) is 0 Å². The highest BCUT2D eigenvalue weighted by atomic mass is 32.2. The zero-order valence-corrected chi connectivity index (χ0v) is 24.4. The number of thioether (sulfide) groups is 1. The van der Waals surface area contributed by atoms with E-state index in [0.29, 0.717) is 22.5 Å². The molecule has 0 aliphatic rings.